The Labute approximate surface area is 122 Å². The van der Waals surface area contributed by atoms with Gasteiger partial charge in [0.2, 0.25) is 5.91 Å². The van der Waals surface area contributed by atoms with Gasteiger partial charge in [-0.05, 0) is 18.2 Å². The molecular formula is C13H12BrN3O3. The molecule has 0 radical (unpaired) electrons. The third-order valence-corrected chi connectivity index (χ3v) is 4.04. The first-order valence-electron chi connectivity index (χ1n) is 6.15. The number of amides is 1. The van der Waals surface area contributed by atoms with Crippen molar-refractivity contribution in [3.63, 3.8) is 0 Å². The van der Waals surface area contributed by atoms with Gasteiger partial charge in [0, 0.05) is 17.9 Å². The second-order valence-electron chi connectivity index (χ2n) is 4.82. The second kappa shape index (κ2) is 4.59. The van der Waals surface area contributed by atoms with Crippen LogP contribution in [0.2, 0.25) is 0 Å². The number of aromatic nitrogens is 2. The highest BCUT2D eigenvalue weighted by Gasteiger charge is 2.31. The highest BCUT2D eigenvalue weighted by Crippen LogP contribution is 2.23. The second-order valence-corrected chi connectivity index (χ2v) is 5.74. The number of nitrogens with one attached hydrogen (secondary N) is 1. The first-order chi connectivity index (χ1) is 9.49. The summed E-state index contributed by atoms with van der Waals surface area (Å²) in [4.78, 5) is 35.9. The summed E-state index contributed by atoms with van der Waals surface area (Å²) >= 11 is 3.36. The first kappa shape index (κ1) is 13.1. The van der Waals surface area contributed by atoms with Gasteiger partial charge < -0.3 is 5.32 Å². The largest absolute Gasteiger partial charge is 0.347 e. The zero-order valence-corrected chi connectivity index (χ0v) is 12.3. The van der Waals surface area contributed by atoms with Crippen LogP contribution in [0.3, 0.4) is 0 Å². The molecule has 1 aromatic heterocycles. The van der Waals surface area contributed by atoms with Crippen molar-refractivity contribution >= 4 is 38.7 Å². The molecule has 1 saturated heterocycles. The Bertz CT molecular complexity index is 790. The van der Waals surface area contributed by atoms with Crippen molar-refractivity contribution in [3.05, 3.63) is 33.2 Å². The van der Waals surface area contributed by atoms with Crippen molar-refractivity contribution in [1.29, 1.82) is 0 Å². The molecule has 1 aliphatic rings. The third kappa shape index (κ3) is 1.89. The smallest absolute Gasteiger partial charge is 0.329 e. The van der Waals surface area contributed by atoms with Gasteiger partial charge in [-0.15, -0.1) is 0 Å². The first-order valence-corrected chi connectivity index (χ1v) is 6.94. The number of benzene rings is 1. The molecule has 2 aromatic rings. The SMILES string of the molecule is Cn1c(=O)n(C2CC(=O)CNC2=O)c2ccc(Br)cc21. The number of rotatable bonds is 1. The van der Waals surface area contributed by atoms with Gasteiger partial charge in [0.15, 0.2) is 5.78 Å². The minimum atomic E-state index is -0.770. The van der Waals surface area contributed by atoms with Crippen LogP contribution in [-0.4, -0.2) is 27.4 Å². The number of imidazole rings is 1. The number of hydrogen-bond acceptors (Lipinski definition) is 3. The summed E-state index contributed by atoms with van der Waals surface area (Å²) in [6, 6.07) is 4.62. The Morgan fingerprint density at radius 1 is 1.25 bits per heavy atom. The van der Waals surface area contributed by atoms with Gasteiger partial charge in [0.25, 0.3) is 0 Å². The van der Waals surface area contributed by atoms with E-state index in [1.807, 2.05) is 6.07 Å². The van der Waals surface area contributed by atoms with Crippen molar-refractivity contribution in [2.75, 3.05) is 6.54 Å². The molecule has 104 valence electrons. The fourth-order valence-electron chi connectivity index (χ4n) is 2.53. The zero-order chi connectivity index (χ0) is 14.4. The van der Waals surface area contributed by atoms with Crippen molar-refractivity contribution in [2.24, 2.45) is 7.05 Å². The molecule has 6 nitrogen and oxygen atoms in total. The van der Waals surface area contributed by atoms with Crippen LogP contribution in [0.4, 0.5) is 0 Å². The van der Waals surface area contributed by atoms with Crippen molar-refractivity contribution < 1.29 is 9.59 Å². The summed E-state index contributed by atoms with van der Waals surface area (Å²) in [6.07, 6.45) is 0.0565. The Morgan fingerprint density at radius 3 is 2.75 bits per heavy atom. The van der Waals surface area contributed by atoms with Gasteiger partial charge in [0.05, 0.1) is 17.6 Å². The molecular weight excluding hydrogens is 326 g/mol. The topological polar surface area (TPSA) is 73.1 Å². The standard InChI is InChI=1S/C13H12BrN3O3/c1-16-10-4-7(14)2-3-9(10)17(13(16)20)11-5-8(18)6-15-12(11)19/h2-4,11H,5-6H2,1H3,(H,15,19). The van der Waals surface area contributed by atoms with E-state index in [4.69, 9.17) is 0 Å². The van der Waals surface area contributed by atoms with E-state index in [9.17, 15) is 14.4 Å². The monoisotopic (exact) mass is 337 g/mol. The van der Waals surface area contributed by atoms with Gasteiger partial charge in [-0.1, -0.05) is 15.9 Å². The Hall–Kier alpha value is -1.89. The summed E-state index contributed by atoms with van der Waals surface area (Å²) in [5.41, 5.74) is 1.07. The Morgan fingerprint density at radius 2 is 2.00 bits per heavy atom. The molecule has 7 heteroatoms. The van der Waals surface area contributed by atoms with Crippen LogP contribution < -0.4 is 11.0 Å². The summed E-state index contributed by atoms with van der Waals surface area (Å²) in [5, 5.41) is 2.53. The summed E-state index contributed by atoms with van der Waals surface area (Å²) in [5.74, 6) is -0.363. The van der Waals surface area contributed by atoms with E-state index in [0.717, 1.165) is 9.99 Å². The van der Waals surface area contributed by atoms with E-state index >= 15 is 0 Å². The van der Waals surface area contributed by atoms with E-state index in [-0.39, 0.29) is 30.3 Å². The highest BCUT2D eigenvalue weighted by atomic mass is 79.9. The van der Waals surface area contributed by atoms with Crippen LogP contribution in [0.1, 0.15) is 12.5 Å². The van der Waals surface area contributed by atoms with Crippen LogP contribution in [0, 0.1) is 0 Å². The molecule has 1 N–H and O–H groups in total. The number of nitrogens with zero attached hydrogens (tertiary/aromatic N) is 2. The molecule has 20 heavy (non-hydrogen) atoms. The van der Waals surface area contributed by atoms with E-state index in [1.165, 1.54) is 9.13 Å². The van der Waals surface area contributed by atoms with Gasteiger partial charge in [-0.25, -0.2) is 4.79 Å². The molecule has 0 aliphatic carbocycles. The predicted molar refractivity (Wildman–Crippen MR) is 76.5 cm³/mol. The molecule has 0 bridgehead atoms. The lowest BCUT2D eigenvalue weighted by Crippen LogP contribution is -2.45. The third-order valence-electron chi connectivity index (χ3n) is 3.55. The van der Waals surface area contributed by atoms with Crippen LogP contribution in [0.15, 0.2) is 27.5 Å². The molecule has 1 aliphatic heterocycles. The minimum Gasteiger partial charge on any atom is -0.347 e. The molecule has 1 unspecified atom stereocenters. The average Bonchev–Trinajstić information content (AvgIpc) is 2.66. The van der Waals surface area contributed by atoms with Crippen molar-refractivity contribution in [3.8, 4) is 0 Å². The number of Topliss-reactive ketones (excluding diaryl/α,β-unsaturated/α-hetero) is 1. The van der Waals surface area contributed by atoms with Gasteiger partial charge in [-0.2, -0.15) is 0 Å². The Kier molecular flexibility index (Phi) is 3.01. The number of fused-ring (bicyclic) bond motifs is 1. The fourth-order valence-corrected chi connectivity index (χ4v) is 2.88. The molecule has 3 rings (SSSR count). The fraction of sp³-hybridized carbons (Fsp3) is 0.308. The lowest BCUT2D eigenvalue weighted by Gasteiger charge is -2.22. The van der Waals surface area contributed by atoms with Crippen LogP contribution in [0.5, 0.6) is 0 Å². The normalized spacial score (nSPS) is 19.4. The number of halogens is 1. The van der Waals surface area contributed by atoms with E-state index in [1.54, 1.807) is 19.2 Å². The number of hydrogen-bond donors (Lipinski definition) is 1. The van der Waals surface area contributed by atoms with Gasteiger partial charge in [0.1, 0.15) is 6.04 Å². The maximum Gasteiger partial charge on any atom is 0.329 e. The maximum absolute atomic E-state index is 12.4. The van der Waals surface area contributed by atoms with E-state index in [2.05, 4.69) is 21.2 Å². The number of ketones is 1. The van der Waals surface area contributed by atoms with Gasteiger partial charge >= 0.3 is 5.69 Å². The minimum absolute atomic E-state index is 0.0421. The number of carbonyl (C=O) groups excluding carboxylic acids is 2. The molecule has 0 spiro atoms. The summed E-state index contributed by atoms with van der Waals surface area (Å²) in [7, 11) is 1.65. The number of piperidine rings is 1. The molecule has 1 fully saturated rings. The predicted octanol–water partition coefficient (Wildman–Crippen LogP) is 0.733. The summed E-state index contributed by atoms with van der Waals surface area (Å²) < 4.78 is 3.72. The van der Waals surface area contributed by atoms with Crippen LogP contribution >= 0.6 is 15.9 Å². The molecule has 0 saturated carbocycles. The van der Waals surface area contributed by atoms with Gasteiger partial charge in [-0.3, -0.25) is 18.7 Å². The molecule has 2 heterocycles. The van der Waals surface area contributed by atoms with Crippen LogP contribution in [-0.2, 0) is 16.6 Å². The van der Waals surface area contributed by atoms with Crippen molar-refractivity contribution in [1.82, 2.24) is 14.5 Å². The average molecular weight is 338 g/mol. The van der Waals surface area contributed by atoms with E-state index in [0.29, 0.717) is 5.52 Å². The summed E-state index contributed by atoms with van der Waals surface area (Å²) in [6.45, 7) is 0.0421. The van der Waals surface area contributed by atoms with E-state index < -0.39 is 6.04 Å². The molecule has 1 atom stereocenters. The van der Waals surface area contributed by atoms with Crippen molar-refractivity contribution in [2.45, 2.75) is 12.5 Å². The Balaban J connectivity index is 2.26. The quantitative estimate of drug-likeness (QED) is 0.833. The number of aryl methyl sites for hydroxylation is 1. The lowest BCUT2D eigenvalue weighted by molar-refractivity contribution is -0.133. The lowest BCUT2D eigenvalue weighted by atomic mass is 10.1. The highest BCUT2D eigenvalue weighted by molar-refractivity contribution is 9.10. The maximum atomic E-state index is 12.4. The number of carbonyl (C=O) groups is 2. The van der Waals surface area contributed by atoms with Crippen LogP contribution in [0.25, 0.3) is 11.0 Å². The molecule has 1 amide bonds. The molecule has 1 aromatic carbocycles. The zero-order valence-electron chi connectivity index (χ0n) is 10.7.